The van der Waals surface area contributed by atoms with Crippen LogP contribution in [0.2, 0.25) is 0 Å². The topological polar surface area (TPSA) is 51.1 Å². The summed E-state index contributed by atoms with van der Waals surface area (Å²) in [7, 11) is 1.65. The van der Waals surface area contributed by atoms with Gasteiger partial charge in [0.05, 0.1) is 0 Å². The second-order valence-electron chi connectivity index (χ2n) is 5.50. The highest BCUT2D eigenvalue weighted by atomic mass is 35.5. The standard InChI is InChI=1S/C14H21ClN2O2/c1-14(2,6-4-7-15)10-16-13(19)11-5-8-17(3)12(18)9-11/h5,8-9H,4,6-7,10H2,1-3H3,(H,16,19). The lowest BCUT2D eigenvalue weighted by Gasteiger charge is -2.24. The molecule has 0 aliphatic carbocycles. The van der Waals surface area contributed by atoms with Crippen LogP contribution in [0.5, 0.6) is 0 Å². The van der Waals surface area contributed by atoms with Crippen LogP contribution in [-0.4, -0.2) is 22.9 Å². The number of aromatic nitrogens is 1. The number of alkyl halides is 1. The Bertz CT molecular complexity index is 494. The summed E-state index contributed by atoms with van der Waals surface area (Å²) < 4.78 is 1.43. The molecule has 0 spiro atoms. The molecule has 0 fully saturated rings. The van der Waals surface area contributed by atoms with Gasteiger partial charge in [-0.25, -0.2) is 0 Å². The number of amides is 1. The van der Waals surface area contributed by atoms with E-state index in [1.54, 1.807) is 19.3 Å². The molecule has 106 valence electrons. The minimum atomic E-state index is -0.211. The second-order valence-corrected chi connectivity index (χ2v) is 5.88. The van der Waals surface area contributed by atoms with Crippen molar-refractivity contribution in [3.63, 3.8) is 0 Å². The Labute approximate surface area is 118 Å². The molecule has 1 N–H and O–H groups in total. The number of pyridine rings is 1. The van der Waals surface area contributed by atoms with Gasteiger partial charge in [-0.1, -0.05) is 13.8 Å². The van der Waals surface area contributed by atoms with Crippen LogP contribution in [0, 0.1) is 5.41 Å². The van der Waals surface area contributed by atoms with Gasteiger partial charge in [0.1, 0.15) is 0 Å². The Kier molecular flexibility index (Phi) is 5.60. The van der Waals surface area contributed by atoms with Crippen molar-refractivity contribution >= 4 is 17.5 Å². The van der Waals surface area contributed by atoms with E-state index in [2.05, 4.69) is 19.2 Å². The Morgan fingerprint density at radius 1 is 1.47 bits per heavy atom. The SMILES string of the molecule is Cn1ccc(C(=O)NCC(C)(C)CCCCl)cc1=O. The molecule has 1 aromatic rings. The molecule has 0 radical (unpaired) electrons. The number of carbonyl (C=O) groups excluding carboxylic acids is 1. The zero-order valence-electron chi connectivity index (χ0n) is 11.7. The molecule has 0 unspecified atom stereocenters. The van der Waals surface area contributed by atoms with Gasteiger partial charge in [0.2, 0.25) is 0 Å². The van der Waals surface area contributed by atoms with Gasteiger partial charge < -0.3 is 9.88 Å². The van der Waals surface area contributed by atoms with Crippen LogP contribution >= 0.6 is 11.6 Å². The minimum Gasteiger partial charge on any atom is -0.351 e. The molecule has 1 aromatic heterocycles. The fourth-order valence-electron chi connectivity index (χ4n) is 1.75. The van der Waals surface area contributed by atoms with E-state index in [1.165, 1.54) is 10.6 Å². The van der Waals surface area contributed by atoms with E-state index < -0.39 is 0 Å². The predicted octanol–water partition coefficient (Wildman–Crippen LogP) is 2.16. The molecule has 0 saturated heterocycles. The maximum absolute atomic E-state index is 11.9. The molecule has 0 atom stereocenters. The largest absolute Gasteiger partial charge is 0.351 e. The van der Waals surface area contributed by atoms with Gasteiger partial charge in [-0.3, -0.25) is 9.59 Å². The van der Waals surface area contributed by atoms with Crippen LogP contribution in [0.1, 0.15) is 37.0 Å². The van der Waals surface area contributed by atoms with Gasteiger partial charge in [0.25, 0.3) is 11.5 Å². The zero-order chi connectivity index (χ0) is 14.5. The molecule has 0 aromatic carbocycles. The molecule has 1 rings (SSSR count). The van der Waals surface area contributed by atoms with Crippen molar-refractivity contribution in [2.45, 2.75) is 26.7 Å². The van der Waals surface area contributed by atoms with Crippen molar-refractivity contribution < 1.29 is 4.79 Å². The van der Waals surface area contributed by atoms with Crippen molar-refractivity contribution in [1.82, 2.24) is 9.88 Å². The lowest BCUT2D eigenvalue weighted by molar-refractivity contribution is 0.0934. The first-order valence-electron chi connectivity index (χ1n) is 6.36. The number of hydrogen-bond acceptors (Lipinski definition) is 2. The van der Waals surface area contributed by atoms with Crippen LogP contribution in [0.25, 0.3) is 0 Å². The Morgan fingerprint density at radius 2 is 2.16 bits per heavy atom. The first-order valence-corrected chi connectivity index (χ1v) is 6.90. The van der Waals surface area contributed by atoms with Crippen LogP contribution in [0.4, 0.5) is 0 Å². The fourth-order valence-corrected chi connectivity index (χ4v) is 1.88. The quantitative estimate of drug-likeness (QED) is 0.814. The van der Waals surface area contributed by atoms with Gasteiger partial charge in [-0.2, -0.15) is 0 Å². The summed E-state index contributed by atoms with van der Waals surface area (Å²) in [4.78, 5) is 23.4. The lowest BCUT2D eigenvalue weighted by atomic mass is 9.88. The van der Waals surface area contributed by atoms with Crippen LogP contribution < -0.4 is 10.9 Å². The molecule has 0 aliphatic rings. The number of hydrogen-bond donors (Lipinski definition) is 1. The van der Waals surface area contributed by atoms with Crippen molar-refractivity contribution in [2.24, 2.45) is 12.5 Å². The van der Waals surface area contributed by atoms with Gasteiger partial charge >= 0.3 is 0 Å². The van der Waals surface area contributed by atoms with Gasteiger partial charge in [0.15, 0.2) is 0 Å². The Hall–Kier alpha value is -1.29. The summed E-state index contributed by atoms with van der Waals surface area (Å²) in [6.07, 6.45) is 3.47. The van der Waals surface area contributed by atoms with Gasteiger partial charge in [-0.15, -0.1) is 11.6 Å². The summed E-state index contributed by atoms with van der Waals surface area (Å²) in [6.45, 7) is 4.74. The molecule has 0 bridgehead atoms. The third kappa shape index (κ3) is 5.07. The van der Waals surface area contributed by atoms with Crippen molar-refractivity contribution in [1.29, 1.82) is 0 Å². The second kappa shape index (κ2) is 6.75. The average Bonchev–Trinajstić information content (AvgIpc) is 2.37. The molecule has 5 heteroatoms. The molecule has 0 saturated carbocycles. The number of aryl methyl sites for hydroxylation is 1. The first-order chi connectivity index (χ1) is 8.85. The average molecular weight is 285 g/mol. The van der Waals surface area contributed by atoms with E-state index in [4.69, 9.17) is 11.6 Å². The van der Waals surface area contributed by atoms with E-state index in [0.717, 1.165) is 12.8 Å². The maximum atomic E-state index is 11.9. The summed E-state index contributed by atoms with van der Waals surface area (Å²) in [5, 5.41) is 2.86. The highest BCUT2D eigenvalue weighted by molar-refractivity contribution is 6.17. The molecular weight excluding hydrogens is 264 g/mol. The Balaban J connectivity index is 2.60. The van der Waals surface area contributed by atoms with E-state index in [9.17, 15) is 9.59 Å². The third-order valence-electron chi connectivity index (χ3n) is 3.08. The van der Waals surface area contributed by atoms with Crippen molar-refractivity contribution in [2.75, 3.05) is 12.4 Å². The van der Waals surface area contributed by atoms with E-state index in [0.29, 0.717) is 18.0 Å². The van der Waals surface area contributed by atoms with Crippen LogP contribution in [0.3, 0.4) is 0 Å². The molecule has 1 heterocycles. The van der Waals surface area contributed by atoms with Crippen molar-refractivity contribution in [3.05, 3.63) is 34.2 Å². The summed E-state index contributed by atoms with van der Waals surface area (Å²) in [5.74, 6) is 0.420. The predicted molar refractivity (Wildman–Crippen MR) is 77.8 cm³/mol. The normalized spacial score (nSPS) is 11.4. The van der Waals surface area contributed by atoms with E-state index in [1.807, 2.05) is 0 Å². The molecule has 19 heavy (non-hydrogen) atoms. The monoisotopic (exact) mass is 284 g/mol. The Morgan fingerprint density at radius 3 is 2.74 bits per heavy atom. The summed E-state index contributed by atoms with van der Waals surface area (Å²) in [6, 6.07) is 2.99. The highest BCUT2D eigenvalue weighted by Crippen LogP contribution is 2.21. The minimum absolute atomic E-state index is 0.00426. The van der Waals surface area contributed by atoms with Gasteiger partial charge in [0, 0.05) is 37.3 Å². The van der Waals surface area contributed by atoms with E-state index in [-0.39, 0.29) is 16.9 Å². The number of nitrogens with zero attached hydrogens (tertiary/aromatic N) is 1. The fraction of sp³-hybridized carbons (Fsp3) is 0.571. The van der Waals surface area contributed by atoms with Crippen LogP contribution in [-0.2, 0) is 7.05 Å². The molecular formula is C14H21ClN2O2. The zero-order valence-corrected chi connectivity index (χ0v) is 12.5. The lowest BCUT2D eigenvalue weighted by Crippen LogP contribution is -2.34. The number of halogens is 1. The third-order valence-corrected chi connectivity index (χ3v) is 3.35. The molecule has 1 amide bonds. The number of rotatable bonds is 6. The number of carbonyl (C=O) groups is 1. The molecule has 4 nitrogen and oxygen atoms in total. The maximum Gasteiger partial charge on any atom is 0.251 e. The first kappa shape index (κ1) is 15.8. The number of nitrogens with one attached hydrogen (secondary N) is 1. The van der Waals surface area contributed by atoms with Gasteiger partial charge in [-0.05, 0) is 24.3 Å². The molecule has 0 aliphatic heterocycles. The summed E-state index contributed by atoms with van der Waals surface area (Å²) in [5.41, 5.74) is 0.217. The van der Waals surface area contributed by atoms with Crippen molar-refractivity contribution in [3.8, 4) is 0 Å². The van der Waals surface area contributed by atoms with Crippen LogP contribution in [0.15, 0.2) is 23.1 Å². The smallest absolute Gasteiger partial charge is 0.251 e. The summed E-state index contributed by atoms with van der Waals surface area (Å²) >= 11 is 5.67. The highest BCUT2D eigenvalue weighted by Gasteiger charge is 2.18. The van der Waals surface area contributed by atoms with E-state index >= 15 is 0 Å².